The van der Waals surface area contributed by atoms with Crippen LogP contribution >= 0.6 is 0 Å². The molecule has 0 spiro atoms. The summed E-state index contributed by atoms with van der Waals surface area (Å²) in [6.45, 7) is 8.86. The summed E-state index contributed by atoms with van der Waals surface area (Å²) in [4.78, 5) is 25.8. The van der Waals surface area contributed by atoms with E-state index in [1.54, 1.807) is 0 Å². The SMILES string of the molecule is CC(C)CN(CC(C)C)c1ccc(C(CC(=O)O)C(F)(F)F)cc1NC(=O)Nc1ccc(C(F)(F)F)cc1. The van der Waals surface area contributed by atoms with Crippen LogP contribution in [0.2, 0.25) is 0 Å². The van der Waals surface area contributed by atoms with Gasteiger partial charge < -0.3 is 20.6 Å². The number of urea groups is 1. The predicted octanol–water partition coefficient (Wildman–Crippen LogP) is 7.59. The number of alkyl halides is 6. The Morgan fingerprint density at radius 1 is 0.868 bits per heavy atom. The van der Waals surface area contributed by atoms with Gasteiger partial charge in [0.2, 0.25) is 0 Å². The van der Waals surface area contributed by atoms with E-state index < -0.39 is 42.3 Å². The van der Waals surface area contributed by atoms with Gasteiger partial charge in [-0.05, 0) is 53.8 Å². The highest BCUT2D eigenvalue weighted by atomic mass is 19.4. The zero-order valence-electron chi connectivity index (χ0n) is 21.4. The van der Waals surface area contributed by atoms with Crippen LogP contribution in [0.1, 0.15) is 51.2 Å². The molecule has 0 fully saturated rings. The predicted molar refractivity (Wildman–Crippen MR) is 133 cm³/mol. The number of nitrogens with zero attached hydrogens (tertiary/aromatic N) is 1. The van der Waals surface area contributed by atoms with Crippen LogP contribution in [0.3, 0.4) is 0 Å². The van der Waals surface area contributed by atoms with Crippen LogP contribution in [0.25, 0.3) is 0 Å². The summed E-state index contributed by atoms with van der Waals surface area (Å²) in [5.41, 5.74) is -0.785. The molecule has 0 aromatic heterocycles. The van der Waals surface area contributed by atoms with Crippen molar-refractivity contribution >= 4 is 29.1 Å². The number of carbonyl (C=O) groups is 2. The van der Waals surface area contributed by atoms with Gasteiger partial charge in [-0.15, -0.1) is 0 Å². The van der Waals surface area contributed by atoms with Gasteiger partial charge in [0.1, 0.15) is 0 Å². The second-order valence-corrected chi connectivity index (χ2v) is 9.82. The zero-order valence-corrected chi connectivity index (χ0v) is 21.4. The molecule has 1 atom stereocenters. The monoisotopic (exact) mass is 547 g/mol. The van der Waals surface area contributed by atoms with E-state index in [4.69, 9.17) is 5.11 Å². The maximum absolute atomic E-state index is 13.7. The Labute approximate surface area is 217 Å². The van der Waals surface area contributed by atoms with Crippen molar-refractivity contribution in [2.45, 2.75) is 52.4 Å². The smallest absolute Gasteiger partial charge is 0.416 e. The van der Waals surface area contributed by atoms with Gasteiger partial charge in [-0.1, -0.05) is 33.8 Å². The van der Waals surface area contributed by atoms with Crippen molar-refractivity contribution in [3.05, 3.63) is 53.6 Å². The molecule has 0 bridgehead atoms. The number of carboxylic acids is 1. The Balaban J connectivity index is 2.48. The normalized spacial score (nSPS) is 12.9. The van der Waals surface area contributed by atoms with E-state index in [1.165, 1.54) is 12.1 Å². The van der Waals surface area contributed by atoms with Crippen molar-refractivity contribution in [2.24, 2.45) is 11.8 Å². The first kappa shape index (κ1) is 30.8. The molecule has 12 heteroatoms. The standard InChI is InChI=1S/C26H31F6N3O3/c1-15(2)13-35(14-16(3)4)22-10-5-17(20(12-23(36)37)26(30,31)32)11-21(22)34-24(38)33-19-8-6-18(7-9-19)25(27,28)29/h5-11,15-16,20H,12-14H2,1-4H3,(H,36,37)(H2,33,34,38). The highest BCUT2D eigenvalue weighted by Crippen LogP contribution is 2.40. The molecule has 2 aromatic carbocycles. The number of anilines is 3. The summed E-state index contributed by atoms with van der Waals surface area (Å²) >= 11 is 0. The lowest BCUT2D eigenvalue weighted by Gasteiger charge is -2.31. The topological polar surface area (TPSA) is 81.7 Å². The van der Waals surface area contributed by atoms with E-state index in [2.05, 4.69) is 10.6 Å². The van der Waals surface area contributed by atoms with E-state index in [9.17, 15) is 35.9 Å². The second kappa shape index (κ2) is 12.4. The number of nitrogens with one attached hydrogen (secondary N) is 2. The van der Waals surface area contributed by atoms with E-state index in [0.717, 1.165) is 30.3 Å². The average Bonchev–Trinajstić information content (AvgIpc) is 2.75. The largest absolute Gasteiger partial charge is 0.481 e. The van der Waals surface area contributed by atoms with Gasteiger partial charge in [-0.25, -0.2) is 4.79 Å². The highest BCUT2D eigenvalue weighted by molar-refractivity contribution is 6.02. The highest BCUT2D eigenvalue weighted by Gasteiger charge is 2.42. The Hall–Kier alpha value is -3.44. The number of rotatable bonds is 10. The number of benzene rings is 2. The summed E-state index contributed by atoms with van der Waals surface area (Å²) in [7, 11) is 0. The van der Waals surface area contributed by atoms with Crippen LogP contribution in [-0.2, 0) is 11.0 Å². The lowest BCUT2D eigenvalue weighted by Crippen LogP contribution is -2.33. The molecule has 0 saturated carbocycles. The Kier molecular flexibility index (Phi) is 10.0. The minimum atomic E-state index is -4.85. The molecule has 0 aliphatic heterocycles. The number of carbonyl (C=O) groups excluding carboxylic acids is 1. The van der Waals surface area contributed by atoms with Crippen molar-refractivity contribution in [3.63, 3.8) is 0 Å². The van der Waals surface area contributed by atoms with Crippen LogP contribution in [0.15, 0.2) is 42.5 Å². The van der Waals surface area contributed by atoms with Gasteiger partial charge in [-0.2, -0.15) is 26.3 Å². The zero-order chi connectivity index (χ0) is 28.8. The van der Waals surface area contributed by atoms with Gasteiger partial charge in [0, 0.05) is 18.8 Å². The first-order chi connectivity index (χ1) is 17.5. The van der Waals surface area contributed by atoms with Crippen LogP contribution < -0.4 is 15.5 Å². The van der Waals surface area contributed by atoms with Crippen molar-refractivity contribution in [2.75, 3.05) is 28.6 Å². The Morgan fingerprint density at radius 2 is 1.42 bits per heavy atom. The lowest BCUT2D eigenvalue weighted by molar-refractivity contribution is -0.163. The third-order valence-corrected chi connectivity index (χ3v) is 5.43. The van der Waals surface area contributed by atoms with Crippen molar-refractivity contribution in [1.82, 2.24) is 0 Å². The van der Waals surface area contributed by atoms with Gasteiger partial charge in [0.15, 0.2) is 0 Å². The van der Waals surface area contributed by atoms with Crippen LogP contribution in [0.5, 0.6) is 0 Å². The summed E-state index contributed by atoms with van der Waals surface area (Å²) in [6, 6.07) is 6.49. The molecule has 0 radical (unpaired) electrons. The number of hydrogen-bond acceptors (Lipinski definition) is 3. The minimum Gasteiger partial charge on any atom is -0.481 e. The first-order valence-corrected chi connectivity index (χ1v) is 11.9. The molecule has 38 heavy (non-hydrogen) atoms. The summed E-state index contributed by atoms with van der Waals surface area (Å²) in [5.74, 6) is -3.61. The molecule has 2 rings (SSSR count). The molecule has 2 aromatic rings. The Morgan fingerprint density at radius 3 is 1.87 bits per heavy atom. The van der Waals surface area contributed by atoms with Crippen molar-refractivity contribution in [1.29, 1.82) is 0 Å². The fourth-order valence-corrected chi connectivity index (χ4v) is 3.92. The molecule has 0 saturated heterocycles. The summed E-state index contributed by atoms with van der Waals surface area (Å²) < 4.78 is 79.6. The molecule has 0 heterocycles. The van der Waals surface area contributed by atoms with Gasteiger partial charge in [-0.3, -0.25) is 4.79 Å². The molecule has 2 amide bonds. The fourth-order valence-electron chi connectivity index (χ4n) is 3.92. The van der Waals surface area contributed by atoms with Gasteiger partial charge in [0.05, 0.1) is 29.3 Å². The average molecular weight is 548 g/mol. The summed E-state index contributed by atoms with van der Waals surface area (Å²) in [5, 5.41) is 13.9. The van der Waals surface area contributed by atoms with Crippen molar-refractivity contribution in [3.8, 4) is 0 Å². The molecule has 0 aliphatic carbocycles. The molecule has 6 nitrogen and oxygen atoms in total. The molecular weight excluding hydrogens is 516 g/mol. The Bertz CT molecular complexity index is 1090. The lowest BCUT2D eigenvalue weighted by atomic mass is 9.94. The number of hydrogen-bond donors (Lipinski definition) is 3. The van der Waals surface area contributed by atoms with Crippen LogP contribution in [0.4, 0.5) is 48.2 Å². The first-order valence-electron chi connectivity index (χ1n) is 11.9. The molecule has 1 unspecified atom stereocenters. The molecule has 210 valence electrons. The van der Waals surface area contributed by atoms with Crippen LogP contribution in [0, 0.1) is 11.8 Å². The fraction of sp³-hybridized carbons (Fsp3) is 0.462. The maximum atomic E-state index is 13.7. The molecule has 0 aliphatic rings. The van der Waals surface area contributed by atoms with E-state index in [1.807, 2.05) is 32.6 Å². The number of halogens is 6. The quantitative estimate of drug-likeness (QED) is 0.268. The van der Waals surface area contributed by atoms with E-state index >= 15 is 0 Å². The van der Waals surface area contributed by atoms with Crippen molar-refractivity contribution < 1.29 is 41.0 Å². The van der Waals surface area contributed by atoms with E-state index in [0.29, 0.717) is 18.8 Å². The van der Waals surface area contributed by atoms with Crippen LogP contribution in [-0.4, -0.2) is 36.4 Å². The van der Waals surface area contributed by atoms with E-state index in [-0.39, 0.29) is 28.8 Å². The maximum Gasteiger partial charge on any atom is 0.416 e. The van der Waals surface area contributed by atoms with Gasteiger partial charge in [0.25, 0.3) is 0 Å². The number of aliphatic carboxylic acids is 1. The minimum absolute atomic E-state index is 0.00727. The second-order valence-electron chi connectivity index (χ2n) is 9.82. The number of carboxylic acid groups (broad SMARTS) is 1. The third kappa shape index (κ3) is 9.14. The number of amides is 2. The molecule has 3 N–H and O–H groups in total. The summed E-state index contributed by atoms with van der Waals surface area (Å²) in [6.07, 6.45) is -10.6. The third-order valence-electron chi connectivity index (χ3n) is 5.43. The molecular formula is C26H31F6N3O3. The van der Waals surface area contributed by atoms with Gasteiger partial charge >= 0.3 is 24.4 Å².